The maximum absolute atomic E-state index is 5.67. The van der Waals surface area contributed by atoms with Gasteiger partial charge < -0.3 is 9.30 Å². The van der Waals surface area contributed by atoms with E-state index in [9.17, 15) is 0 Å². The number of hydrogen-bond donors (Lipinski definition) is 0. The van der Waals surface area contributed by atoms with Gasteiger partial charge >= 0.3 is 0 Å². The number of imidazole rings is 1. The number of hydrogen-bond acceptors (Lipinski definition) is 3. The highest BCUT2D eigenvalue weighted by atomic mass is 16.5. The molecule has 1 unspecified atom stereocenters. The molecule has 1 aliphatic rings. The van der Waals surface area contributed by atoms with Crippen LogP contribution in [0.3, 0.4) is 0 Å². The molecule has 4 rings (SSSR count). The average molecular weight is 448 g/mol. The summed E-state index contributed by atoms with van der Waals surface area (Å²) in [5.74, 6) is 2.32. The van der Waals surface area contributed by atoms with Crippen molar-refractivity contribution in [2.45, 2.75) is 72.4 Å². The third-order valence-corrected chi connectivity index (χ3v) is 7.49. The highest BCUT2D eigenvalue weighted by Crippen LogP contribution is 2.35. The van der Waals surface area contributed by atoms with Crippen molar-refractivity contribution in [1.82, 2.24) is 14.5 Å². The van der Waals surface area contributed by atoms with E-state index in [1.165, 1.54) is 22.5 Å². The zero-order chi connectivity index (χ0) is 23.4. The molecule has 2 heterocycles. The van der Waals surface area contributed by atoms with Crippen LogP contribution >= 0.6 is 0 Å². The molecule has 33 heavy (non-hydrogen) atoms. The van der Waals surface area contributed by atoms with Gasteiger partial charge in [0.25, 0.3) is 0 Å². The van der Waals surface area contributed by atoms with Crippen LogP contribution < -0.4 is 0 Å². The molecule has 3 aromatic rings. The number of rotatable bonds is 8. The second-order valence-corrected chi connectivity index (χ2v) is 10.7. The summed E-state index contributed by atoms with van der Waals surface area (Å²) >= 11 is 0. The maximum atomic E-state index is 5.67. The number of ether oxygens (including phenoxy) is 1. The Morgan fingerprint density at radius 2 is 1.73 bits per heavy atom. The van der Waals surface area contributed by atoms with E-state index in [4.69, 9.17) is 9.72 Å². The van der Waals surface area contributed by atoms with Gasteiger partial charge in [0.1, 0.15) is 5.82 Å². The SMILES string of the molecule is CCOCCn1c(C2CCN(Cc3ccc(C(C)C(C)(C)C)cc3)CC2)nc2ccccc21. The van der Waals surface area contributed by atoms with E-state index in [2.05, 4.69) is 92.6 Å². The lowest BCUT2D eigenvalue weighted by Gasteiger charge is -2.32. The lowest BCUT2D eigenvalue weighted by atomic mass is 9.78. The summed E-state index contributed by atoms with van der Waals surface area (Å²) < 4.78 is 8.07. The molecular weight excluding hydrogens is 406 g/mol. The molecule has 0 bridgehead atoms. The fourth-order valence-corrected chi connectivity index (χ4v) is 4.96. The van der Waals surface area contributed by atoms with Gasteiger partial charge in [-0.2, -0.15) is 0 Å². The monoisotopic (exact) mass is 447 g/mol. The Kier molecular flexibility index (Phi) is 7.55. The van der Waals surface area contributed by atoms with Crippen molar-refractivity contribution in [3.8, 4) is 0 Å². The molecular formula is C29H41N3O. The fraction of sp³-hybridized carbons (Fsp3) is 0.552. The van der Waals surface area contributed by atoms with E-state index in [0.717, 1.165) is 57.8 Å². The van der Waals surface area contributed by atoms with E-state index in [1.807, 2.05) is 0 Å². The molecule has 4 heteroatoms. The predicted octanol–water partition coefficient (Wildman–Crippen LogP) is 6.60. The Morgan fingerprint density at radius 1 is 1.03 bits per heavy atom. The van der Waals surface area contributed by atoms with E-state index in [0.29, 0.717) is 17.3 Å². The van der Waals surface area contributed by atoms with Crippen LogP contribution in [0.4, 0.5) is 0 Å². The van der Waals surface area contributed by atoms with Crippen molar-refractivity contribution >= 4 is 11.0 Å². The standard InChI is InChI=1S/C29H41N3O/c1-6-33-20-19-32-27-10-8-7-9-26(27)30-28(32)25-15-17-31(18-16-25)21-23-11-13-24(14-12-23)22(2)29(3,4)5/h7-14,22,25H,6,15-21H2,1-5H3. The first-order chi connectivity index (χ1) is 15.9. The zero-order valence-electron chi connectivity index (χ0n) is 21.2. The number of likely N-dealkylation sites (tertiary alicyclic amines) is 1. The molecule has 178 valence electrons. The topological polar surface area (TPSA) is 30.3 Å². The van der Waals surface area contributed by atoms with Gasteiger partial charge in [-0.1, -0.05) is 64.1 Å². The van der Waals surface area contributed by atoms with Crippen LogP contribution in [-0.4, -0.2) is 40.8 Å². The molecule has 4 nitrogen and oxygen atoms in total. The minimum absolute atomic E-state index is 0.294. The zero-order valence-corrected chi connectivity index (χ0v) is 21.2. The van der Waals surface area contributed by atoms with Crippen molar-refractivity contribution in [2.24, 2.45) is 5.41 Å². The number of para-hydroxylation sites is 2. The van der Waals surface area contributed by atoms with Crippen LogP contribution in [0.1, 0.15) is 76.2 Å². The van der Waals surface area contributed by atoms with E-state index >= 15 is 0 Å². The van der Waals surface area contributed by atoms with Gasteiger partial charge in [0.05, 0.1) is 17.6 Å². The van der Waals surface area contributed by atoms with Gasteiger partial charge in [0.15, 0.2) is 0 Å². The van der Waals surface area contributed by atoms with Crippen LogP contribution in [0.15, 0.2) is 48.5 Å². The number of piperidine rings is 1. The number of fused-ring (bicyclic) bond motifs is 1. The first-order valence-electron chi connectivity index (χ1n) is 12.7. The van der Waals surface area contributed by atoms with Gasteiger partial charge in [-0.3, -0.25) is 4.90 Å². The van der Waals surface area contributed by atoms with Gasteiger partial charge in [0, 0.05) is 25.6 Å². The van der Waals surface area contributed by atoms with E-state index < -0.39 is 0 Å². The van der Waals surface area contributed by atoms with Crippen molar-refractivity contribution in [2.75, 3.05) is 26.3 Å². The molecule has 0 N–H and O–H groups in total. The summed E-state index contributed by atoms with van der Waals surface area (Å²) in [6.45, 7) is 17.0. The molecule has 1 saturated heterocycles. The molecule has 1 aliphatic heterocycles. The summed E-state index contributed by atoms with van der Waals surface area (Å²) in [5.41, 5.74) is 5.50. The number of benzene rings is 2. The second-order valence-electron chi connectivity index (χ2n) is 10.7. The highest BCUT2D eigenvalue weighted by Gasteiger charge is 2.26. The highest BCUT2D eigenvalue weighted by molar-refractivity contribution is 5.76. The Hall–Kier alpha value is -2.17. The van der Waals surface area contributed by atoms with Crippen molar-refractivity contribution in [1.29, 1.82) is 0 Å². The normalized spacial score (nSPS) is 17.0. The van der Waals surface area contributed by atoms with E-state index in [-0.39, 0.29) is 0 Å². The predicted molar refractivity (Wildman–Crippen MR) is 138 cm³/mol. The minimum atomic E-state index is 0.294. The summed E-state index contributed by atoms with van der Waals surface area (Å²) in [7, 11) is 0. The molecule has 0 spiro atoms. The van der Waals surface area contributed by atoms with Gasteiger partial charge in [-0.15, -0.1) is 0 Å². The van der Waals surface area contributed by atoms with Crippen LogP contribution in [0.25, 0.3) is 11.0 Å². The maximum Gasteiger partial charge on any atom is 0.113 e. The van der Waals surface area contributed by atoms with Gasteiger partial charge in [-0.05, 0) is 67.4 Å². The Morgan fingerprint density at radius 3 is 2.39 bits per heavy atom. The lowest BCUT2D eigenvalue weighted by Crippen LogP contribution is -2.33. The number of nitrogens with zero attached hydrogens (tertiary/aromatic N) is 3. The summed E-state index contributed by atoms with van der Waals surface area (Å²) in [6, 6.07) is 17.8. The third-order valence-electron chi connectivity index (χ3n) is 7.49. The molecule has 2 aromatic carbocycles. The first-order valence-corrected chi connectivity index (χ1v) is 12.7. The van der Waals surface area contributed by atoms with Crippen molar-refractivity contribution < 1.29 is 4.74 Å². The average Bonchev–Trinajstić information content (AvgIpc) is 3.18. The molecule has 0 radical (unpaired) electrons. The molecule has 0 aliphatic carbocycles. The fourth-order valence-electron chi connectivity index (χ4n) is 4.96. The summed E-state index contributed by atoms with van der Waals surface area (Å²) in [6.07, 6.45) is 2.33. The lowest BCUT2D eigenvalue weighted by molar-refractivity contribution is 0.138. The van der Waals surface area contributed by atoms with E-state index in [1.54, 1.807) is 0 Å². The minimum Gasteiger partial charge on any atom is -0.380 e. The summed E-state index contributed by atoms with van der Waals surface area (Å²) in [4.78, 5) is 7.66. The Bertz CT molecular complexity index is 1020. The molecule has 1 aromatic heterocycles. The molecule has 0 saturated carbocycles. The largest absolute Gasteiger partial charge is 0.380 e. The van der Waals surface area contributed by atoms with Crippen molar-refractivity contribution in [3.63, 3.8) is 0 Å². The number of aromatic nitrogens is 2. The Balaban J connectivity index is 1.39. The van der Waals surface area contributed by atoms with Crippen LogP contribution in [0, 0.1) is 5.41 Å². The second kappa shape index (κ2) is 10.4. The summed E-state index contributed by atoms with van der Waals surface area (Å²) in [5, 5.41) is 0. The van der Waals surface area contributed by atoms with Crippen LogP contribution in [-0.2, 0) is 17.8 Å². The third kappa shape index (κ3) is 5.67. The Labute approximate surface area is 200 Å². The quantitative estimate of drug-likeness (QED) is 0.364. The van der Waals surface area contributed by atoms with Crippen LogP contribution in [0.2, 0.25) is 0 Å². The molecule has 1 atom stereocenters. The molecule has 1 fully saturated rings. The molecule has 0 amide bonds. The van der Waals surface area contributed by atoms with Gasteiger partial charge in [-0.25, -0.2) is 4.98 Å². The van der Waals surface area contributed by atoms with Gasteiger partial charge in [0.2, 0.25) is 0 Å². The van der Waals surface area contributed by atoms with Crippen molar-refractivity contribution in [3.05, 3.63) is 65.5 Å². The van der Waals surface area contributed by atoms with Crippen LogP contribution in [0.5, 0.6) is 0 Å². The first kappa shape index (κ1) is 24.0. The smallest absolute Gasteiger partial charge is 0.113 e.